The number of benzene rings is 1. The van der Waals surface area contributed by atoms with Crippen molar-refractivity contribution in [2.75, 3.05) is 6.61 Å². The topological polar surface area (TPSA) is 82.2 Å². The first-order valence-corrected chi connectivity index (χ1v) is 6.50. The summed E-state index contributed by atoms with van der Waals surface area (Å²) in [7, 11) is 0. The standard InChI is InChI=1S/C14H14N4O3/c1-10(13-7-4-8-20-13)15-14(19)9-21-18-12-6-3-2-5-11(12)16-17-18/h2-8,10H,9H2,1H3,(H,15,19). The van der Waals surface area contributed by atoms with E-state index in [1.165, 1.54) is 4.85 Å². The largest absolute Gasteiger partial charge is 0.467 e. The summed E-state index contributed by atoms with van der Waals surface area (Å²) in [6.45, 7) is 1.68. The summed E-state index contributed by atoms with van der Waals surface area (Å²) >= 11 is 0. The van der Waals surface area contributed by atoms with Crippen LogP contribution in [0.25, 0.3) is 11.0 Å². The van der Waals surface area contributed by atoms with E-state index in [9.17, 15) is 4.79 Å². The average molecular weight is 286 g/mol. The number of fused-ring (bicyclic) bond motifs is 1. The molecular formula is C14H14N4O3. The third-order valence-corrected chi connectivity index (χ3v) is 2.99. The van der Waals surface area contributed by atoms with E-state index in [-0.39, 0.29) is 18.6 Å². The van der Waals surface area contributed by atoms with Crippen LogP contribution < -0.4 is 10.2 Å². The Morgan fingerprint density at radius 2 is 2.24 bits per heavy atom. The summed E-state index contributed by atoms with van der Waals surface area (Å²) in [5, 5.41) is 10.6. The number of nitrogens with zero attached hydrogens (tertiary/aromatic N) is 3. The molecule has 3 aromatic rings. The summed E-state index contributed by atoms with van der Waals surface area (Å²) in [6.07, 6.45) is 1.57. The molecule has 1 amide bonds. The number of para-hydroxylation sites is 1. The van der Waals surface area contributed by atoms with E-state index in [4.69, 9.17) is 9.25 Å². The first-order valence-electron chi connectivity index (χ1n) is 6.50. The number of hydrogen-bond acceptors (Lipinski definition) is 5. The van der Waals surface area contributed by atoms with Gasteiger partial charge >= 0.3 is 0 Å². The number of amides is 1. The summed E-state index contributed by atoms with van der Waals surface area (Å²) < 4.78 is 5.22. The van der Waals surface area contributed by atoms with Crippen LogP contribution in [0.2, 0.25) is 0 Å². The summed E-state index contributed by atoms with van der Waals surface area (Å²) in [5.41, 5.74) is 1.42. The second-order valence-corrected chi connectivity index (χ2v) is 4.53. The minimum Gasteiger partial charge on any atom is -0.467 e. The highest BCUT2D eigenvalue weighted by molar-refractivity contribution is 5.78. The lowest BCUT2D eigenvalue weighted by Crippen LogP contribution is -2.33. The number of furan rings is 1. The van der Waals surface area contributed by atoms with Crippen LogP contribution in [-0.4, -0.2) is 27.7 Å². The van der Waals surface area contributed by atoms with Crippen LogP contribution in [-0.2, 0) is 4.79 Å². The molecular weight excluding hydrogens is 272 g/mol. The number of carbonyl (C=O) groups excluding carboxylic acids is 1. The van der Waals surface area contributed by atoms with Crippen molar-refractivity contribution >= 4 is 16.9 Å². The van der Waals surface area contributed by atoms with Crippen LogP contribution >= 0.6 is 0 Å². The van der Waals surface area contributed by atoms with E-state index in [0.717, 1.165) is 0 Å². The molecule has 0 radical (unpaired) electrons. The minimum absolute atomic E-state index is 0.154. The average Bonchev–Trinajstić information content (AvgIpc) is 3.15. The first kappa shape index (κ1) is 13.2. The lowest BCUT2D eigenvalue weighted by molar-refractivity contribution is -0.127. The summed E-state index contributed by atoms with van der Waals surface area (Å²) in [5.74, 6) is 0.424. The van der Waals surface area contributed by atoms with Crippen molar-refractivity contribution in [1.29, 1.82) is 0 Å². The molecule has 0 bridgehead atoms. The third-order valence-electron chi connectivity index (χ3n) is 2.99. The molecule has 7 nitrogen and oxygen atoms in total. The van der Waals surface area contributed by atoms with Gasteiger partial charge in [0.1, 0.15) is 16.8 Å². The van der Waals surface area contributed by atoms with E-state index in [0.29, 0.717) is 16.8 Å². The Balaban J connectivity index is 1.58. The Bertz CT molecular complexity index is 736. The fourth-order valence-electron chi connectivity index (χ4n) is 1.95. The highest BCUT2D eigenvalue weighted by atomic mass is 16.7. The lowest BCUT2D eigenvalue weighted by atomic mass is 10.2. The zero-order valence-electron chi connectivity index (χ0n) is 11.4. The molecule has 3 rings (SSSR count). The fraction of sp³-hybridized carbons (Fsp3) is 0.214. The van der Waals surface area contributed by atoms with E-state index >= 15 is 0 Å². The fourth-order valence-corrected chi connectivity index (χ4v) is 1.95. The third kappa shape index (κ3) is 2.86. The zero-order valence-corrected chi connectivity index (χ0v) is 11.4. The van der Waals surface area contributed by atoms with E-state index in [2.05, 4.69) is 15.6 Å². The molecule has 1 N–H and O–H groups in total. The SMILES string of the molecule is CC(NC(=O)COn1nnc2ccccc21)c1ccco1. The molecule has 2 aromatic heterocycles. The highest BCUT2D eigenvalue weighted by Crippen LogP contribution is 2.12. The molecule has 0 fully saturated rings. The smallest absolute Gasteiger partial charge is 0.261 e. The monoisotopic (exact) mass is 286 g/mol. The van der Waals surface area contributed by atoms with Crippen LogP contribution in [0.1, 0.15) is 18.7 Å². The quantitative estimate of drug-likeness (QED) is 0.765. The van der Waals surface area contributed by atoms with Crippen LogP contribution in [0.5, 0.6) is 0 Å². The maximum atomic E-state index is 11.8. The molecule has 0 spiro atoms. The van der Waals surface area contributed by atoms with Gasteiger partial charge in [0, 0.05) is 0 Å². The molecule has 0 aliphatic rings. The number of carbonyl (C=O) groups is 1. The molecule has 7 heteroatoms. The van der Waals surface area contributed by atoms with Gasteiger partial charge in [0.05, 0.1) is 12.3 Å². The van der Waals surface area contributed by atoms with Crippen LogP contribution in [0.4, 0.5) is 0 Å². The minimum atomic E-state index is -0.265. The van der Waals surface area contributed by atoms with E-state index < -0.39 is 0 Å². The number of hydrogen-bond donors (Lipinski definition) is 1. The molecule has 0 aliphatic heterocycles. The van der Waals surface area contributed by atoms with Crippen molar-refractivity contribution in [3.63, 3.8) is 0 Å². The molecule has 1 unspecified atom stereocenters. The Kier molecular flexibility index (Phi) is 3.55. The Hall–Kier alpha value is -2.83. The number of aromatic nitrogens is 3. The molecule has 0 saturated heterocycles. The van der Waals surface area contributed by atoms with Crippen LogP contribution in [0.15, 0.2) is 47.1 Å². The van der Waals surface area contributed by atoms with Crippen molar-refractivity contribution < 1.29 is 14.0 Å². The number of nitrogens with one attached hydrogen (secondary N) is 1. The Morgan fingerprint density at radius 3 is 3.05 bits per heavy atom. The maximum absolute atomic E-state index is 11.8. The predicted molar refractivity (Wildman–Crippen MR) is 74.2 cm³/mol. The summed E-state index contributed by atoms with van der Waals surface area (Å²) in [4.78, 5) is 18.4. The second kappa shape index (κ2) is 5.66. The number of rotatable bonds is 5. The normalized spacial score (nSPS) is 12.2. The highest BCUT2D eigenvalue weighted by Gasteiger charge is 2.13. The summed E-state index contributed by atoms with van der Waals surface area (Å²) in [6, 6.07) is 10.7. The van der Waals surface area contributed by atoms with Gasteiger partial charge in [0.2, 0.25) is 0 Å². The van der Waals surface area contributed by atoms with Gasteiger partial charge in [-0.3, -0.25) is 4.79 Å². The molecule has 2 heterocycles. The van der Waals surface area contributed by atoms with Gasteiger partial charge in [-0.05, 0) is 36.4 Å². The lowest BCUT2D eigenvalue weighted by Gasteiger charge is -2.11. The van der Waals surface area contributed by atoms with E-state index in [1.54, 1.807) is 18.4 Å². The van der Waals surface area contributed by atoms with Crippen LogP contribution in [0.3, 0.4) is 0 Å². The maximum Gasteiger partial charge on any atom is 0.261 e. The van der Waals surface area contributed by atoms with Crippen molar-refractivity contribution in [1.82, 2.24) is 20.5 Å². The zero-order chi connectivity index (χ0) is 14.7. The van der Waals surface area contributed by atoms with Gasteiger partial charge in [0.15, 0.2) is 6.61 Å². The molecule has 108 valence electrons. The van der Waals surface area contributed by atoms with Gasteiger partial charge in [-0.15, -0.1) is 5.10 Å². The van der Waals surface area contributed by atoms with Gasteiger partial charge in [-0.25, -0.2) is 0 Å². The van der Waals surface area contributed by atoms with Gasteiger partial charge in [-0.1, -0.05) is 17.0 Å². The molecule has 0 saturated carbocycles. The Morgan fingerprint density at radius 1 is 1.38 bits per heavy atom. The van der Waals surface area contributed by atoms with Crippen molar-refractivity contribution in [3.8, 4) is 0 Å². The molecule has 21 heavy (non-hydrogen) atoms. The Labute approximate surface area is 120 Å². The van der Waals surface area contributed by atoms with E-state index in [1.807, 2.05) is 31.2 Å². The van der Waals surface area contributed by atoms with Crippen LogP contribution in [0, 0.1) is 0 Å². The van der Waals surface area contributed by atoms with Gasteiger partial charge in [0.25, 0.3) is 5.91 Å². The molecule has 1 aromatic carbocycles. The van der Waals surface area contributed by atoms with Crippen molar-refractivity contribution in [3.05, 3.63) is 48.4 Å². The second-order valence-electron chi connectivity index (χ2n) is 4.53. The predicted octanol–water partition coefficient (Wildman–Crippen LogP) is 1.33. The molecule has 1 atom stereocenters. The first-order chi connectivity index (χ1) is 10.2. The molecule has 0 aliphatic carbocycles. The van der Waals surface area contributed by atoms with Gasteiger partial charge in [-0.2, -0.15) is 0 Å². The van der Waals surface area contributed by atoms with Crippen molar-refractivity contribution in [2.24, 2.45) is 0 Å². The van der Waals surface area contributed by atoms with Gasteiger partial charge < -0.3 is 14.6 Å². The van der Waals surface area contributed by atoms with Crippen molar-refractivity contribution in [2.45, 2.75) is 13.0 Å².